The van der Waals surface area contributed by atoms with Gasteiger partial charge in [0.15, 0.2) is 0 Å². The van der Waals surface area contributed by atoms with Crippen LogP contribution in [0.15, 0.2) is 0 Å². The van der Waals surface area contributed by atoms with Crippen molar-refractivity contribution in [2.75, 3.05) is 26.3 Å². The zero-order valence-electron chi connectivity index (χ0n) is 11.7. The Morgan fingerprint density at radius 3 is 2.28 bits per heavy atom. The second-order valence-electron chi connectivity index (χ2n) is 7.28. The summed E-state index contributed by atoms with van der Waals surface area (Å²) >= 11 is 0. The molecule has 1 atom stereocenters. The van der Waals surface area contributed by atoms with Gasteiger partial charge in [-0.05, 0) is 68.2 Å². The van der Waals surface area contributed by atoms with Crippen molar-refractivity contribution in [3.05, 3.63) is 0 Å². The zero-order chi connectivity index (χ0) is 12.1. The Morgan fingerprint density at radius 1 is 1.00 bits per heavy atom. The summed E-state index contributed by atoms with van der Waals surface area (Å²) in [6, 6.07) is 0.749. The molecule has 0 aromatic rings. The summed E-state index contributed by atoms with van der Waals surface area (Å²) in [5, 5.41) is 0. The predicted molar refractivity (Wildman–Crippen MR) is 72.4 cm³/mol. The molecule has 2 nitrogen and oxygen atoms in total. The normalized spacial score (nSPS) is 51.8. The molecule has 1 saturated heterocycles. The third kappa shape index (κ3) is 1.76. The number of morpholine rings is 1. The van der Waals surface area contributed by atoms with Gasteiger partial charge in [0.2, 0.25) is 0 Å². The number of ether oxygens (including phenoxy) is 1. The first-order chi connectivity index (χ1) is 8.85. The van der Waals surface area contributed by atoms with Crippen molar-refractivity contribution in [1.82, 2.24) is 4.90 Å². The fourth-order valence-corrected chi connectivity index (χ4v) is 6.00. The first kappa shape index (κ1) is 11.7. The predicted octanol–water partition coefficient (Wildman–Crippen LogP) is 2.78. The molecule has 4 saturated carbocycles. The molecule has 0 radical (unpaired) electrons. The lowest BCUT2D eigenvalue weighted by Crippen LogP contribution is -2.57. The van der Waals surface area contributed by atoms with E-state index < -0.39 is 0 Å². The quantitative estimate of drug-likeness (QED) is 0.746. The topological polar surface area (TPSA) is 12.5 Å². The van der Waals surface area contributed by atoms with Crippen molar-refractivity contribution in [3.63, 3.8) is 0 Å². The van der Waals surface area contributed by atoms with Crippen LogP contribution in [0, 0.1) is 29.6 Å². The minimum Gasteiger partial charge on any atom is -0.378 e. The van der Waals surface area contributed by atoms with Gasteiger partial charge in [0.05, 0.1) is 13.2 Å². The zero-order valence-corrected chi connectivity index (χ0v) is 11.7. The van der Waals surface area contributed by atoms with Gasteiger partial charge in [0.25, 0.3) is 0 Å². The van der Waals surface area contributed by atoms with E-state index in [9.17, 15) is 0 Å². The SMILES string of the molecule is CCN1CCOCC1C1C2CC3CC(C2)CC1C3. The Labute approximate surface area is 111 Å². The number of likely N-dealkylation sites (N-methyl/N-ethyl adjacent to an activating group) is 1. The van der Waals surface area contributed by atoms with Gasteiger partial charge in [-0.2, -0.15) is 0 Å². The van der Waals surface area contributed by atoms with Crippen LogP contribution >= 0.6 is 0 Å². The highest BCUT2D eigenvalue weighted by atomic mass is 16.5. The molecule has 4 aliphatic carbocycles. The second-order valence-corrected chi connectivity index (χ2v) is 7.28. The van der Waals surface area contributed by atoms with E-state index in [-0.39, 0.29) is 0 Å². The highest BCUT2D eigenvalue weighted by Gasteiger charge is 2.51. The van der Waals surface area contributed by atoms with Crippen molar-refractivity contribution in [2.24, 2.45) is 29.6 Å². The first-order valence-electron chi connectivity index (χ1n) is 8.17. The molecule has 1 unspecified atom stereocenters. The molecule has 4 bridgehead atoms. The summed E-state index contributed by atoms with van der Waals surface area (Å²) in [6.07, 6.45) is 7.76. The van der Waals surface area contributed by atoms with E-state index in [1.165, 1.54) is 13.1 Å². The van der Waals surface area contributed by atoms with Crippen LogP contribution in [0.5, 0.6) is 0 Å². The molecule has 0 aromatic heterocycles. The third-order valence-electron chi connectivity index (χ3n) is 6.43. The van der Waals surface area contributed by atoms with Crippen LogP contribution in [0.2, 0.25) is 0 Å². The Morgan fingerprint density at radius 2 is 1.67 bits per heavy atom. The van der Waals surface area contributed by atoms with E-state index in [2.05, 4.69) is 11.8 Å². The van der Waals surface area contributed by atoms with Crippen molar-refractivity contribution < 1.29 is 4.74 Å². The summed E-state index contributed by atoms with van der Waals surface area (Å²) in [5.41, 5.74) is 0. The van der Waals surface area contributed by atoms with Crippen LogP contribution in [0.3, 0.4) is 0 Å². The number of rotatable bonds is 2. The summed E-state index contributed by atoms with van der Waals surface area (Å²) in [6.45, 7) is 6.69. The number of hydrogen-bond donors (Lipinski definition) is 0. The van der Waals surface area contributed by atoms with Gasteiger partial charge in [-0.1, -0.05) is 6.92 Å². The van der Waals surface area contributed by atoms with Gasteiger partial charge < -0.3 is 4.74 Å². The third-order valence-corrected chi connectivity index (χ3v) is 6.43. The molecule has 5 aliphatic rings. The highest BCUT2D eigenvalue weighted by Crippen LogP contribution is 2.57. The molecule has 1 aliphatic heterocycles. The molecular weight excluding hydrogens is 222 g/mol. The lowest BCUT2D eigenvalue weighted by molar-refractivity contribution is -0.112. The standard InChI is InChI=1S/C16H27NO/c1-2-17-3-4-18-10-15(17)16-13-6-11-5-12(8-13)9-14(16)7-11/h11-16H,2-10H2,1H3. The van der Waals surface area contributed by atoms with E-state index in [1.807, 2.05) is 0 Å². The Hall–Kier alpha value is -0.0800. The van der Waals surface area contributed by atoms with Crippen molar-refractivity contribution >= 4 is 0 Å². The van der Waals surface area contributed by atoms with E-state index in [1.54, 1.807) is 32.1 Å². The first-order valence-corrected chi connectivity index (χ1v) is 8.17. The van der Waals surface area contributed by atoms with Gasteiger partial charge >= 0.3 is 0 Å². The summed E-state index contributed by atoms with van der Waals surface area (Å²) in [5.74, 6) is 5.26. The van der Waals surface area contributed by atoms with Gasteiger partial charge in [-0.15, -0.1) is 0 Å². The molecule has 0 N–H and O–H groups in total. The average Bonchev–Trinajstić information content (AvgIpc) is 2.38. The second kappa shape index (κ2) is 4.49. The van der Waals surface area contributed by atoms with Gasteiger partial charge in [-0.25, -0.2) is 0 Å². The highest BCUT2D eigenvalue weighted by molar-refractivity contribution is 5.02. The molecule has 1 heterocycles. The summed E-state index contributed by atoms with van der Waals surface area (Å²) < 4.78 is 5.83. The Balaban J connectivity index is 1.56. The molecule has 5 fully saturated rings. The maximum atomic E-state index is 5.83. The molecule has 0 spiro atoms. The number of nitrogens with zero attached hydrogens (tertiary/aromatic N) is 1. The molecule has 5 rings (SSSR count). The van der Waals surface area contributed by atoms with Crippen LogP contribution in [0.25, 0.3) is 0 Å². The van der Waals surface area contributed by atoms with E-state index >= 15 is 0 Å². The molecule has 0 aromatic carbocycles. The van der Waals surface area contributed by atoms with Gasteiger partial charge in [0.1, 0.15) is 0 Å². The van der Waals surface area contributed by atoms with E-state index in [0.717, 1.165) is 48.8 Å². The fraction of sp³-hybridized carbons (Fsp3) is 1.00. The van der Waals surface area contributed by atoms with E-state index in [0.29, 0.717) is 0 Å². The number of hydrogen-bond acceptors (Lipinski definition) is 2. The molecule has 0 amide bonds. The van der Waals surface area contributed by atoms with Crippen molar-refractivity contribution in [2.45, 2.75) is 45.1 Å². The maximum absolute atomic E-state index is 5.83. The molecule has 2 heteroatoms. The van der Waals surface area contributed by atoms with Crippen LogP contribution < -0.4 is 0 Å². The Bertz CT molecular complexity index is 288. The van der Waals surface area contributed by atoms with Crippen LogP contribution in [-0.4, -0.2) is 37.2 Å². The minimum absolute atomic E-state index is 0.749. The fourth-order valence-electron chi connectivity index (χ4n) is 6.00. The maximum Gasteiger partial charge on any atom is 0.0625 e. The lowest BCUT2D eigenvalue weighted by atomic mass is 9.50. The van der Waals surface area contributed by atoms with Crippen LogP contribution in [0.1, 0.15) is 39.0 Å². The summed E-state index contributed by atoms with van der Waals surface area (Å²) in [4.78, 5) is 2.72. The average molecular weight is 249 g/mol. The van der Waals surface area contributed by atoms with Crippen molar-refractivity contribution in [3.8, 4) is 0 Å². The minimum atomic E-state index is 0.749. The molecular formula is C16H27NO. The lowest BCUT2D eigenvalue weighted by Gasteiger charge is -2.58. The van der Waals surface area contributed by atoms with Crippen LogP contribution in [-0.2, 0) is 4.74 Å². The molecule has 102 valence electrons. The van der Waals surface area contributed by atoms with Gasteiger partial charge in [0, 0.05) is 12.6 Å². The Kier molecular flexibility index (Phi) is 2.92. The van der Waals surface area contributed by atoms with E-state index in [4.69, 9.17) is 4.74 Å². The summed E-state index contributed by atoms with van der Waals surface area (Å²) in [7, 11) is 0. The monoisotopic (exact) mass is 249 g/mol. The van der Waals surface area contributed by atoms with Crippen LogP contribution in [0.4, 0.5) is 0 Å². The van der Waals surface area contributed by atoms with Gasteiger partial charge in [-0.3, -0.25) is 4.90 Å². The van der Waals surface area contributed by atoms with Crippen molar-refractivity contribution in [1.29, 1.82) is 0 Å². The smallest absolute Gasteiger partial charge is 0.0625 e. The molecule has 18 heavy (non-hydrogen) atoms. The largest absolute Gasteiger partial charge is 0.378 e.